The Morgan fingerprint density at radius 3 is 2.77 bits per heavy atom. The minimum absolute atomic E-state index is 0.0684. The topological polar surface area (TPSA) is 142 Å². The summed E-state index contributed by atoms with van der Waals surface area (Å²) in [7, 11) is -3.83. The molecule has 0 aromatic carbocycles. The minimum atomic E-state index is -5.18. The molecule has 16 heteroatoms. The van der Waals surface area contributed by atoms with Gasteiger partial charge in [-0.05, 0) is 19.1 Å². The van der Waals surface area contributed by atoms with Crippen LogP contribution in [0, 0.1) is 0 Å². The summed E-state index contributed by atoms with van der Waals surface area (Å²) < 4.78 is 75.1. The van der Waals surface area contributed by atoms with Gasteiger partial charge in [0.2, 0.25) is 16.3 Å². The third kappa shape index (κ3) is 3.91. The van der Waals surface area contributed by atoms with E-state index in [4.69, 9.17) is 4.74 Å². The van der Waals surface area contributed by atoms with E-state index in [1.165, 1.54) is 23.6 Å². The number of nitrogens with zero attached hydrogens (tertiary/aromatic N) is 6. The molecule has 5 heterocycles. The molecule has 2 aromatic rings. The van der Waals surface area contributed by atoms with E-state index in [9.17, 15) is 26.4 Å². The fourth-order valence-electron chi connectivity index (χ4n) is 4.27. The number of hydrogen-bond acceptors (Lipinski definition) is 10. The summed E-state index contributed by atoms with van der Waals surface area (Å²) in [6, 6.07) is -0.0573. The Morgan fingerprint density at radius 2 is 2.11 bits per heavy atom. The number of aromatic nitrogens is 3. The van der Waals surface area contributed by atoms with Crippen molar-refractivity contribution in [2.45, 2.75) is 31.5 Å². The number of H-pyrrole nitrogens is 1. The van der Waals surface area contributed by atoms with E-state index in [1.54, 1.807) is 17.0 Å². The van der Waals surface area contributed by atoms with Crippen molar-refractivity contribution < 1.29 is 35.9 Å². The van der Waals surface area contributed by atoms with Crippen molar-refractivity contribution in [1.29, 1.82) is 0 Å². The number of nitrogens with one attached hydrogen (secondary N) is 1. The van der Waals surface area contributed by atoms with Crippen LogP contribution in [0.5, 0.6) is 0 Å². The van der Waals surface area contributed by atoms with E-state index in [0.717, 1.165) is 6.26 Å². The molecule has 3 aliphatic rings. The number of carbonyl (C=O) groups is 1. The van der Waals surface area contributed by atoms with E-state index < -0.39 is 40.5 Å². The van der Waals surface area contributed by atoms with Crippen molar-refractivity contribution in [3.8, 4) is 0 Å². The molecule has 0 radical (unpaired) electrons. The molecule has 0 aliphatic carbocycles. The van der Waals surface area contributed by atoms with Crippen LogP contribution < -0.4 is 19.9 Å². The lowest BCUT2D eigenvalue weighted by atomic mass is 10.1. The van der Waals surface area contributed by atoms with Crippen molar-refractivity contribution in [2.24, 2.45) is 10.2 Å². The lowest BCUT2D eigenvalue weighted by Crippen LogP contribution is -2.54. The van der Waals surface area contributed by atoms with Gasteiger partial charge in [-0.15, -0.1) is 5.10 Å². The number of pyridine rings is 1. The molecular formula is C19H18F3N7O5S. The van der Waals surface area contributed by atoms with Crippen LogP contribution in [0.1, 0.15) is 24.2 Å². The zero-order chi connectivity index (χ0) is 25.1. The molecule has 35 heavy (non-hydrogen) atoms. The summed E-state index contributed by atoms with van der Waals surface area (Å²) >= 11 is 0. The van der Waals surface area contributed by atoms with Crippen LogP contribution in [-0.4, -0.2) is 73.7 Å². The Bertz CT molecular complexity index is 1440. The molecule has 3 aliphatic heterocycles. The van der Waals surface area contributed by atoms with Gasteiger partial charge >= 0.3 is 12.1 Å². The number of aromatic amines is 1. The molecule has 186 valence electrons. The largest absolute Gasteiger partial charge is 0.491 e. The second-order valence-electron chi connectivity index (χ2n) is 8.04. The standard InChI is InChI=1S/C19H18F3N7O5S/c1-9-17(34-18(30)19(20,21)22)33-6-5-28(9)16-10-7-13(12-3-4-23-26-12)29(35(2,31)32)14(10)11-8-24-27-15(11)25-16/h3-4,7-9,13,17H,5-6H2,1-2H3,(H,23,26)/t9-,13-,17?/m1/s1. The van der Waals surface area contributed by atoms with Crippen LogP contribution >= 0.6 is 0 Å². The Labute approximate surface area is 195 Å². The lowest BCUT2D eigenvalue weighted by molar-refractivity contribution is -0.231. The number of ether oxygens (including phenoxy) is 2. The fraction of sp³-hybridized carbons (Fsp3) is 0.421. The number of halogens is 3. The van der Waals surface area contributed by atoms with Gasteiger partial charge in [0, 0.05) is 18.0 Å². The van der Waals surface area contributed by atoms with Gasteiger partial charge in [0.1, 0.15) is 11.9 Å². The normalized spacial score (nSPS) is 23.5. The Hall–Kier alpha value is -3.53. The smallest absolute Gasteiger partial charge is 0.427 e. The van der Waals surface area contributed by atoms with Gasteiger partial charge in [0.25, 0.3) is 0 Å². The summed E-state index contributed by atoms with van der Waals surface area (Å²) in [6.45, 7) is 1.63. The number of hydrogen-bond donors (Lipinski definition) is 1. The highest BCUT2D eigenvalue weighted by molar-refractivity contribution is 7.92. The monoisotopic (exact) mass is 513 g/mol. The summed E-state index contributed by atoms with van der Waals surface area (Å²) in [5.74, 6) is -2.13. The molecular weight excluding hydrogens is 495 g/mol. The second-order valence-corrected chi connectivity index (χ2v) is 9.90. The summed E-state index contributed by atoms with van der Waals surface area (Å²) in [5.41, 5.74) is 1.30. The lowest BCUT2D eigenvalue weighted by Gasteiger charge is -2.39. The average Bonchev–Trinajstić information content (AvgIpc) is 3.51. The van der Waals surface area contributed by atoms with Crippen molar-refractivity contribution in [3.05, 3.63) is 34.2 Å². The molecule has 1 N–H and O–H groups in total. The van der Waals surface area contributed by atoms with Gasteiger partial charge in [-0.1, -0.05) is 0 Å². The van der Waals surface area contributed by atoms with Gasteiger partial charge in [0.15, 0.2) is 5.49 Å². The van der Waals surface area contributed by atoms with E-state index >= 15 is 0 Å². The highest BCUT2D eigenvalue weighted by Crippen LogP contribution is 2.36. The molecule has 5 rings (SSSR count). The third-order valence-corrected chi connectivity index (χ3v) is 6.89. The van der Waals surface area contributed by atoms with Gasteiger partial charge in [-0.25, -0.2) is 18.2 Å². The number of carbonyl (C=O) groups excluding carboxylic acids is 1. The van der Waals surface area contributed by atoms with E-state index in [2.05, 4.69) is 30.1 Å². The minimum Gasteiger partial charge on any atom is -0.427 e. The predicted octanol–water partition coefficient (Wildman–Crippen LogP) is -0.270. The molecule has 12 nitrogen and oxygen atoms in total. The number of sulfonamides is 1. The maximum atomic E-state index is 12.9. The molecule has 1 unspecified atom stereocenters. The van der Waals surface area contributed by atoms with E-state index in [-0.39, 0.29) is 30.1 Å². The zero-order valence-corrected chi connectivity index (χ0v) is 19.0. The Balaban J connectivity index is 1.64. The van der Waals surface area contributed by atoms with Gasteiger partial charge < -0.3 is 14.4 Å². The third-order valence-electron chi connectivity index (χ3n) is 5.77. The number of morpholine rings is 1. The van der Waals surface area contributed by atoms with Crippen LogP contribution in [0.3, 0.4) is 0 Å². The van der Waals surface area contributed by atoms with Crippen LogP contribution in [-0.2, 0) is 24.3 Å². The predicted molar refractivity (Wildman–Crippen MR) is 114 cm³/mol. The van der Waals surface area contributed by atoms with Crippen molar-refractivity contribution in [2.75, 3.05) is 28.6 Å². The van der Waals surface area contributed by atoms with Crippen LogP contribution in [0.2, 0.25) is 0 Å². The molecule has 0 saturated carbocycles. The molecule has 2 aromatic heterocycles. The van der Waals surface area contributed by atoms with Crippen LogP contribution in [0.25, 0.3) is 6.08 Å². The summed E-state index contributed by atoms with van der Waals surface area (Å²) in [6.07, 6.45) is -1.13. The molecule has 3 atom stereocenters. The van der Waals surface area contributed by atoms with Crippen LogP contribution in [0.4, 0.5) is 24.7 Å². The first-order valence-corrected chi connectivity index (χ1v) is 12.1. The van der Waals surface area contributed by atoms with Crippen molar-refractivity contribution in [3.63, 3.8) is 0 Å². The van der Waals surface area contributed by atoms with Crippen molar-refractivity contribution >= 4 is 39.8 Å². The first-order chi connectivity index (χ1) is 16.5. The number of alkyl halides is 3. The molecule has 0 spiro atoms. The van der Waals surface area contributed by atoms with Gasteiger partial charge in [-0.3, -0.25) is 9.40 Å². The van der Waals surface area contributed by atoms with Crippen molar-refractivity contribution in [1.82, 2.24) is 15.2 Å². The van der Waals surface area contributed by atoms with Gasteiger partial charge in [-0.2, -0.15) is 23.4 Å². The molecule has 0 amide bonds. The summed E-state index contributed by atoms with van der Waals surface area (Å²) in [5, 5.41) is 14.9. The first-order valence-electron chi connectivity index (χ1n) is 10.3. The maximum Gasteiger partial charge on any atom is 0.491 e. The number of anilines is 2. The maximum absolute atomic E-state index is 12.9. The molecule has 1 fully saturated rings. The van der Waals surface area contributed by atoms with E-state index in [0.29, 0.717) is 16.5 Å². The SMILES string of the molecule is C[C@@H]1C(OC(=O)C(F)(F)F)OCCN1c1nc2c(c3c1=C[C@H](c1ccn[nH]1)N3S(C)(=O)=O)C=NN=2. The highest BCUT2D eigenvalue weighted by Gasteiger charge is 2.45. The molecule has 0 bridgehead atoms. The molecule has 1 saturated heterocycles. The fourth-order valence-corrected chi connectivity index (χ4v) is 5.38. The summed E-state index contributed by atoms with van der Waals surface area (Å²) in [4.78, 5) is 17.5. The van der Waals surface area contributed by atoms with Crippen LogP contribution in [0.15, 0.2) is 22.5 Å². The van der Waals surface area contributed by atoms with Gasteiger partial charge in [0.05, 0.1) is 42.1 Å². The average molecular weight is 513 g/mol. The Kier molecular flexibility index (Phi) is 5.32. The quantitative estimate of drug-likeness (QED) is 0.551. The number of esters is 1. The number of fused-ring (bicyclic) bond motifs is 3. The zero-order valence-electron chi connectivity index (χ0n) is 18.2. The van der Waals surface area contributed by atoms with E-state index in [1.807, 2.05) is 0 Å². The second kappa shape index (κ2) is 8.01. The highest BCUT2D eigenvalue weighted by atomic mass is 32.2. The Morgan fingerprint density at radius 1 is 1.34 bits per heavy atom. The number of rotatable bonds is 4. The first kappa shape index (κ1) is 23.2.